The summed E-state index contributed by atoms with van der Waals surface area (Å²) in [7, 11) is 0. The van der Waals surface area contributed by atoms with E-state index in [2.05, 4.69) is 10.3 Å². The highest BCUT2D eigenvalue weighted by atomic mass is 16.5. The summed E-state index contributed by atoms with van der Waals surface area (Å²) >= 11 is 0. The number of hydrogen-bond acceptors (Lipinski definition) is 4. The molecule has 0 bridgehead atoms. The van der Waals surface area contributed by atoms with Crippen LogP contribution in [0.5, 0.6) is 0 Å². The maximum Gasteiger partial charge on any atom is 0.340 e. The van der Waals surface area contributed by atoms with Crippen LogP contribution < -0.4 is 5.32 Å². The molecular formula is C23H24N2O3. The average Bonchev–Trinajstić information content (AvgIpc) is 2.68. The van der Waals surface area contributed by atoms with Crippen molar-refractivity contribution in [3.05, 3.63) is 77.0 Å². The first-order chi connectivity index (χ1) is 13.3. The zero-order chi connectivity index (χ0) is 20.3. The summed E-state index contributed by atoms with van der Waals surface area (Å²) < 4.78 is 5.40. The molecule has 5 heteroatoms. The molecule has 0 aliphatic carbocycles. The van der Waals surface area contributed by atoms with Crippen molar-refractivity contribution in [2.75, 3.05) is 0 Å². The van der Waals surface area contributed by atoms with Gasteiger partial charge in [0.15, 0.2) is 6.10 Å². The Morgan fingerprint density at radius 3 is 2.43 bits per heavy atom. The van der Waals surface area contributed by atoms with Gasteiger partial charge in [-0.2, -0.15) is 0 Å². The first-order valence-electron chi connectivity index (χ1n) is 9.29. The van der Waals surface area contributed by atoms with Crippen LogP contribution >= 0.6 is 0 Å². The molecule has 0 saturated heterocycles. The van der Waals surface area contributed by atoms with E-state index in [0.29, 0.717) is 11.3 Å². The lowest BCUT2D eigenvalue weighted by Gasteiger charge is -2.18. The van der Waals surface area contributed by atoms with E-state index < -0.39 is 12.1 Å². The Morgan fingerprint density at radius 1 is 1.00 bits per heavy atom. The summed E-state index contributed by atoms with van der Waals surface area (Å²) in [5.41, 5.74) is 3.84. The SMILES string of the molecule is Cc1ccc2nc(C)c(C(=O)OC(C)C(=O)NC(C)c3ccccc3)cc2c1. The van der Waals surface area contributed by atoms with Gasteiger partial charge >= 0.3 is 5.97 Å². The van der Waals surface area contributed by atoms with Crippen LogP contribution in [0.3, 0.4) is 0 Å². The van der Waals surface area contributed by atoms with Crippen molar-refractivity contribution in [3.63, 3.8) is 0 Å². The molecule has 1 N–H and O–H groups in total. The number of pyridine rings is 1. The predicted octanol–water partition coefficient (Wildman–Crippen LogP) is 4.27. The smallest absolute Gasteiger partial charge is 0.340 e. The Bertz CT molecular complexity index is 1020. The molecule has 5 nitrogen and oxygen atoms in total. The van der Waals surface area contributed by atoms with E-state index in [4.69, 9.17) is 4.74 Å². The number of carbonyl (C=O) groups is 2. The van der Waals surface area contributed by atoms with Crippen LogP contribution in [0.2, 0.25) is 0 Å². The molecule has 0 fully saturated rings. The summed E-state index contributed by atoms with van der Waals surface area (Å²) in [6.45, 7) is 7.20. The highest BCUT2D eigenvalue weighted by molar-refractivity contribution is 5.96. The van der Waals surface area contributed by atoms with Crippen molar-refractivity contribution >= 4 is 22.8 Å². The van der Waals surface area contributed by atoms with E-state index in [9.17, 15) is 9.59 Å². The number of aromatic nitrogens is 1. The number of hydrogen-bond donors (Lipinski definition) is 1. The maximum absolute atomic E-state index is 12.6. The predicted molar refractivity (Wildman–Crippen MR) is 109 cm³/mol. The minimum absolute atomic E-state index is 0.179. The fourth-order valence-electron chi connectivity index (χ4n) is 3.03. The van der Waals surface area contributed by atoms with Crippen LogP contribution in [-0.2, 0) is 9.53 Å². The molecule has 28 heavy (non-hydrogen) atoms. The van der Waals surface area contributed by atoms with Gasteiger partial charge in [0.2, 0.25) is 0 Å². The van der Waals surface area contributed by atoms with Crippen LogP contribution in [0.4, 0.5) is 0 Å². The molecule has 2 atom stereocenters. The molecular weight excluding hydrogens is 352 g/mol. The Hall–Kier alpha value is -3.21. The van der Waals surface area contributed by atoms with E-state index >= 15 is 0 Å². The third-order valence-electron chi connectivity index (χ3n) is 4.69. The second kappa shape index (κ2) is 8.21. The van der Waals surface area contributed by atoms with E-state index in [1.807, 2.05) is 62.4 Å². The Balaban J connectivity index is 1.70. The average molecular weight is 376 g/mol. The normalized spacial score (nSPS) is 13.0. The summed E-state index contributed by atoms with van der Waals surface area (Å²) in [6.07, 6.45) is -0.911. The van der Waals surface area contributed by atoms with Crippen LogP contribution in [0.25, 0.3) is 10.9 Å². The molecule has 1 amide bonds. The highest BCUT2D eigenvalue weighted by Crippen LogP contribution is 2.19. The van der Waals surface area contributed by atoms with Crippen LogP contribution in [0.1, 0.15) is 47.1 Å². The zero-order valence-electron chi connectivity index (χ0n) is 16.5. The van der Waals surface area contributed by atoms with Gasteiger partial charge < -0.3 is 10.1 Å². The summed E-state index contributed by atoms with van der Waals surface area (Å²) in [4.78, 5) is 29.5. The van der Waals surface area contributed by atoms with Crippen LogP contribution in [-0.4, -0.2) is 23.0 Å². The number of nitrogens with zero attached hydrogens (tertiary/aromatic N) is 1. The maximum atomic E-state index is 12.6. The molecule has 1 aromatic heterocycles. The van der Waals surface area contributed by atoms with Gasteiger partial charge in [-0.25, -0.2) is 4.79 Å². The fourth-order valence-corrected chi connectivity index (χ4v) is 3.03. The number of esters is 1. The van der Waals surface area contributed by atoms with Gasteiger partial charge in [0, 0.05) is 5.39 Å². The molecule has 3 aromatic rings. The summed E-state index contributed by atoms with van der Waals surface area (Å²) in [5.74, 6) is -0.893. The number of benzene rings is 2. The second-order valence-corrected chi connectivity index (χ2v) is 7.01. The Kier molecular flexibility index (Phi) is 5.73. The number of aryl methyl sites for hydroxylation is 2. The van der Waals surface area contributed by atoms with Gasteiger partial charge in [0.25, 0.3) is 5.91 Å². The number of ether oxygens (including phenoxy) is 1. The van der Waals surface area contributed by atoms with Crippen molar-refractivity contribution in [3.8, 4) is 0 Å². The van der Waals surface area contributed by atoms with Crippen LogP contribution in [0.15, 0.2) is 54.6 Å². The lowest BCUT2D eigenvalue weighted by Crippen LogP contribution is -2.37. The standard InChI is InChI=1S/C23H24N2O3/c1-14-10-11-21-19(12-14)13-20(16(3)24-21)23(27)28-17(4)22(26)25-15(2)18-8-6-5-7-9-18/h5-13,15,17H,1-4H3,(H,25,26). The third kappa shape index (κ3) is 4.36. The van der Waals surface area contributed by atoms with E-state index in [0.717, 1.165) is 22.0 Å². The molecule has 2 unspecified atom stereocenters. The molecule has 0 saturated carbocycles. The summed E-state index contributed by atoms with van der Waals surface area (Å²) in [5, 5.41) is 3.74. The van der Waals surface area contributed by atoms with Gasteiger partial charge in [-0.05, 0) is 51.5 Å². The monoisotopic (exact) mass is 376 g/mol. The number of amides is 1. The Morgan fingerprint density at radius 2 is 1.71 bits per heavy atom. The minimum atomic E-state index is -0.911. The quantitative estimate of drug-likeness (QED) is 0.675. The van der Waals surface area contributed by atoms with Gasteiger partial charge in [0.05, 0.1) is 22.8 Å². The van der Waals surface area contributed by atoms with Gasteiger partial charge in [-0.3, -0.25) is 9.78 Å². The first kappa shape index (κ1) is 19.5. The topological polar surface area (TPSA) is 68.3 Å². The fraction of sp³-hybridized carbons (Fsp3) is 0.261. The van der Waals surface area contributed by atoms with Crippen molar-refractivity contribution in [1.82, 2.24) is 10.3 Å². The largest absolute Gasteiger partial charge is 0.449 e. The van der Waals surface area contributed by atoms with Crippen molar-refractivity contribution < 1.29 is 14.3 Å². The van der Waals surface area contributed by atoms with Crippen molar-refractivity contribution in [2.45, 2.75) is 39.8 Å². The highest BCUT2D eigenvalue weighted by Gasteiger charge is 2.22. The zero-order valence-corrected chi connectivity index (χ0v) is 16.5. The van der Waals surface area contributed by atoms with Crippen molar-refractivity contribution in [2.24, 2.45) is 0 Å². The van der Waals surface area contributed by atoms with Crippen LogP contribution in [0, 0.1) is 13.8 Å². The number of rotatable bonds is 5. The molecule has 0 spiro atoms. The Labute approximate surface area is 164 Å². The lowest BCUT2D eigenvalue weighted by molar-refractivity contribution is -0.129. The van der Waals surface area contributed by atoms with Crippen molar-refractivity contribution in [1.29, 1.82) is 0 Å². The second-order valence-electron chi connectivity index (χ2n) is 7.01. The molecule has 0 radical (unpaired) electrons. The van der Waals surface area contributed by atoms with E-state index in [1.54, 1.807) is 19.9 Å². The number of fused-ring (bicyclic) bond motifs is 1. The molecule has 3 rings (SSSR count). The molecule has 0 aliphatic rings. The molecule has 2 aromatic carbocycles. The first-order valence-corrected chi connectivity index (χ1v) is 9.29. The number of carbonyl (C=O) groups excluding carboxylic acids is 2. The summed E-state index contributed by atoms with van der Waals surface area (Å²) in [6, 6.07) is 17.1. The van der Waals surface area contributed by atoms with Gasteiger partial charge in [-0.15, -0.1) is 0 Å². The minimum Gasteiger partial charge on any atom is -0.449 e. The van der Waals surface area contributed by atoms with Gasteiger partial charge in [-0.1, -0.05) is 42.0 Å². The number of nitrogens with one attached hydrogen (secondary N) is 1. The molecule has 144 valence electrons. The van der Waals surface area contributed by atoms with E-state index in [1.165, 1.54) is 0 Å². The molecule has 1 heterocycles. The van der Waals surface area contributed by atoms with E-state index in [-0.39, 0.29) is 11.9 Å². The lowest BCUT2D eigenvalue weighted by atomic mass is 10.1. The molecule has 0 aliphatic heterocycles. The van der Waals surface area contributed by atoms with Gasteiger partial charge in [0.1, 0.15) is 0 Å². The third-order valence-corrected chi connectivity index (χ3v) is 4.69.